The molecule has 0 aliphatic rings. The molecule has 4 heteroatoms. The van der Waals surface area contributed by atoms with Gasteiger partial charge in [0.2, 0.25) is 0 Å². The first-order valence-corrected chi connectivity index (χ1v) is 6.69. The van der Waals surface area contributed by atoms with Crippen molar-refractivity contribution in [3.8, 4) is 5.75 Å². The molecule has 4 nitrogen and oxygen atoms in total. The monoisotopic (exact) mass is 300 g/mol. The van der Waals surface area contributed by atoms with Crippen LogP contribution in [0, 0.1) is 0 Å². The Bertz CT molecular complexity index is 580. The molecule has 0 aliphatic carbocycles. The van der Waals surface area contributed by atoms with Gasteiger partial charge in [-0.15, -0.1) is 0 Å². The maximum atomic E-state index is 11.5. The summed E-state index contributed by atoms with van der Waals surface area (Å²) in [5.41, 5.74) is 1.81. The van der Waals surface area contributed by atoms with Crippen molar-refractivity contribution < 1.29 is 19.4 Å². The molecule has 0 aliphatic heterocycles. The second kappa shape index (κ2) is 9.37. The summed E-state index contributed by atoms with van der Waals surface area (Å²) in [4.78, 5) is 11.5. The third-order valence-electron chi connectivity index (χ3n) is 2.66. The van der Waals surface area contributed by atoms with Crippen molar-refractivity contribution in [3.05, 3.63) is 73.1 Å². The maximum Gasteiger partial charge on any atom is 0.196 e. The molecule has 0 fully saturated rings. The van der Waals surface area contributed by atoms with Crippen LogP contribution in [-0.2, 0) is 9.53 Å². The molecule has 0 heterocycles. The summed E-state index contributed by atoms with van der Waals surface area (Å²) in [6.07, 6.45) is 6.45. The highest BCUT2D eigenvalue weighted by atomic mass is 16.5. The average molecular weight is 300 g/mol. The van der Waals surface area contributed by atoms with E-state index in [1.165, 1.54) is 7.11 Å². The Labute approximate surface area is 130 Å². The van der Waals surface area contributed by atoms with Crippen molar-refractivity contribution in [1.82, 2.24) is 0 Å². The second-order valence-electron chi connectivity index (χ2n) is 4.47. The van der Waals surface area contributed by atoms with Gasteiger partial charge in [0.25, 0.3) is 0 Å². The Kier molecular flexibility index (Phi) is 7.43. The van der Waals surface area contributed by atoms with Gasteiger partial charge in [-0.3, -0.25) is 4.79 Å². The molecule has 0 unspecified atom stereocenters. The standard InChI is InChI=1S/C18H20O4/c1-4-5-6-14(2)15-7-9-18(10-8-15)22-13-17(20)11-16(19)12-21-3/h4-11,19H,1-2,12-13H2,3H3/b6-5-,16-11-. The van der Waals surface area contributed by atoms with Crippen LogP contribution in [0.15, 0.2) is 67.5 Å². The van der Waals surface area contributed by atoms with Crippen LogP contribution in [0.5, 0.6) is 5.75 Å². The molecular formula is C18H20O4. The maximum absolute atomic E-state index is 11.5. The SMILES string of the molecule is C=C/C=C\C(=C)c1ccc(OCC(=O)/C=C(\O)COC)cc1. The number of ether oxygens (including phenoxy) is 2. The first-order valence-electron chi connectivity index (χ1n) is 6.69. The molecule has 1 rings (SSSR count). The highest BCUT2D eigenvalue weighted by Crippen LogP contribution is 2.18. The van der Waals surface area contributed by atoms with E-state index < -0.39 is 0 Å². The molecular weight excluding hydrogens is 280 g/mol. The number of methoxy groups -OCH3 is 1. The molecule has 0 radical (unpaired) electrons. The Morgan fingerprint density at radius 2 is 1.95 bits per heavy atom. The minimum absolute atomic E-state index is 0.000769. The summed E-state index contributed by atoms with van der Waals surface area (Å²) in [6.45, 7) is 7.40. The number of hydrogen-bond acceptors (Lipinski definition) is 4. The van der Waals surface area contributed by atoms with Gasteiger partial charge in [-0.25, -0.2) is 0 Å². The number of carbonyl (C=O) groups excluding carboxylic acids is 1. The van der Waals surface area contributed by atoms with Crippen molar-refractivity contribution in [2.75, 3.05) is 20.3 Å². The summed E-state index contributed by atoms with van der Waals surface area (Å²) in [6, 6.07) is 7.23. The molecule has 0 amide bonds. The van der Waals surface area contributed by atoms with Gasteiger partial charge < -0.3 is 14.6 Å². The summed E-state index contributed by atoms with van der Waals surface area (Å²) in [7, 11) is 1.44. The fourth-order valence-electron chi connectivity index (χ4n) is 1.62. The largest absolute Gasteiger partial charge is 0.510 e. The van der Waals surface area contributed by atoms with E-state index in [4.69, 9.17) is 9.47 Å². The minimum Gasteiger partial charge on any atom is -0.510 e. The molecule has 0 saturated carbocycles. The topological polar surface area (TPSA) is 55.8 Å². The van der Waals surface area contributed by atoms with Crippen molar-refractivity contribution in [2.24, 2.45) is 0 Å². The molecule has 1 aromatic rings. The highest BCUT2D eigenvalue weighted by Gasteiger charge is 2.03. The molecule has 1 N–H and O–H groups in total. The van der Waals surface area contributed by atoms with Crippen LogP contribution in [0.2, 0.25) is 0 Å². The van der Waals surface area contributed by atoms with Gasteiger partial charge in [0.1, 0.15) is 18.1 Å². The van der Waals surface area contributed by atoms with E-state index in [9.17, 15) is 9.90 Å². The smallest absolute Gasteiger partial charge is 0.196 e. The Balaban J connectivity index is 2.56. The average Bonchev–Trinajstić information content (AvgIpc) is 2.51. The van der Waals surface area contributed by atoms with Gasteiger partial charge in [-0.1, -0.05) is 43.5 Å². The summed E-state index contributed by atoms with van der Waals surface area (Å²) < 4.78 is 10.1. The molecule has 0 spiro atoms. The first kappa shape index (κ1) is 17.5. The lowest BCUT2D eigenvalue weighted by atomic mass is 10.1. The van der Waals surface area contributed by atoms with Crippen molar-refractivity contribution in [3.63, 3.8) is 0 Å². The van der Waals surface area contributed by atoms with E-state index >= 15 is 0 Å². The zero-order valence-corrected chi connectivity index (χ0v) is 12.6. The molecule has 1 aromatic carbocycles. The van der Waals surface area contributed by atoms with Crippen molar-refractivity contribution >= 4 is 11.4 Å². The normalized spacial score (nSPS) is 11.4. The van der Waals surface area contributed by atoms with Crippen LogP contribution in [0.25, 0.3) is 5.57 Å². The van der Waals surface area contributed by atoms with E-state index in [0.29, 0.717) is 5.75 Å². The second-order valence-corrected chi connectivity index (χ2v) is 4.47. The fraction of sp³-hybridized carbons (Fsp3) is 0.167. The highest BCUT2D eigenvalue weighted by molar-refractivity contribution is 5.91. The van der Waals surface area contributed by atoms with Crippen molar-refractivity contribution in [1.29, 1.82) is 0 Å². The van der Waals surface area contributed by atoms with E-state index in [1.807, 2.05) is 24.3 Å². The molecule has 22 heavy (non-hydrogen) atoms. The summed E-state index contributed by atoms with van der Waals surface area (Å²) in [5.74, 6) is 0.103. The van der Waals surface area contributed by atoms with Crippen LogP contribution >= 0.6 is 0 Å². The van der Waals surface area contributed by atoms with Gasteiger partial charge in [-0.05, 0) is 23.3 Å². The number of aliphatic hydroxyl groups excluding tert-OH is 1. The van der Waals surface area contributed by atoms with E-state index in [0.717, 1.165) is 17.2 Å². The zero-order valence-electron chi connectivity index (χ0n) is 12.6. The molecule has 0 atom stereocenters. The van der Waals surface area contributed by atoms with E-state index in [1.54, 1.807) is 18.2 Å². The van der Waals surface area contributed by atoms with Crippen LogP contribution in [0.1, 0.15) is 5.56 Å². The number of carbonyl (C=O) groups is 1. The zero-order chi connectivity index (χ0) is 16.4. The van der Waals surface area contributed by atoms with Crippen molar-refractivity contribution in [2.45, 2.75) is 0 Å². The lowest BCUT2D eigenvalue weighted by molar-refractivity contribution is -0.116. The Hall–Kier alpha value is -2.59. The number of ketones is 1. The first-order chi connectivity index (χ1) is 10.6. The third kappa shape index (κ3) is 6.24. The van der Waals surface area contributed by atoms with Crippen LogP contribution < -0.4 is 4.74 Å². The Morgan fingerprint density at radius 3 is 2.55 bits per heavy atom. The van der Waals surface area contributed by atoms with E-state index in [-0.39, 0.29) is 24.8 Å². The number of hydrogen-bond donors (Lipinski definition) is 1. The lowest BCUT2D eigenvalue weighted by Crippen LogP contribution is -2.10. The van der Waals surface area contributed by atoms with Gasteiger partial charge in [0.15, 0.2) is 12.4 Å². The number of allylic oxidation sites excluding steroid dienone is 4. The molecule has 0 bridgehead atoms. The van der Waals surface area contributed by atoms with Crippen LogP contribution in [0.4, 0.5) is 0 Å². The van der Waals surface area contributed by atoms with Gasteiger partial charge in [0, 0.05) is 13.2 Å². The minimum atomic E-state index is -0.336. The predicted molar refractivity (Wildman–Crippen MR) is 87.9 cm³/mol. The van der Waals surface area contributed by atoms with Gasteiger partial charge in [0.05, 0.1) is 0 Å². The van der Waals surface area contributed by atoms with Crippen LogP contribution in [-0.4, -0.2) is 31.2 Å². The van der Waals surface area contributed by atoms with Gasteiger partial charge in [-0.2, -0.15) is 0 Å². The number of rotatable bonds is 9. The predicted octanol–water partition coefficient (Wildman–Crippen LogP) is 3.48. The number of aliphatic hydroxyl groups is 1. The summed E-state index contributed by atoms with van der Waals surface area (Å²) >= 11 is 0. The van der Waals surface area contributed by atoms with Gasteiger partial charge >= 0.3 is 0 Å². The fourth-order valence-corrected chi connectivity index (χ4v) is 1.62. The Morgan fingerprint density at radius 1 is 1.27 bits per heavy atom. The molecule has 0 saturated heterocycles. The number of benzene rings is 1. The lowest BCUT2D eigenvalue weighted by Gasteiger charge is -2.06. The quantitative estimate of drug-likeness (QED) is 0.431. The molecule has 0 aromatic heterocycles. The summed E-state index contributed by atoms with van der Waals surface area (Å²) in [5, 5.41) is 9.32. The van der Waals surface area contributed by atoms with Crippen LogP contribution in [0.3, 0.4) is 0 Å². The van der Waals surface area contributed by atoms with E-state index in [2.05, 4.69) is 13.2 Å². The molecule has 116 valence electrons. The third-order valence-corrected chi connectivity index (χ3v) is 2.66.